The Labute approximate surface area is 164 Å². The fourth-order valence-corrected chi connectivity index (χ4v) is 4.32. The predicted octanol–water partition coefficient (Wildman–Crippen LogP) is 2.83. The van der Waals surface area contributed by atoms with Crippen molar-refractivity contribution in [3.05, 3.63) is 59.9 Å². The normalized spacial score (nSPS) is 17.6. The summed E-state index contributed by atoms with van der Waals surface area (Å²) in [6.07, 6.45) is 6.05. The fraction of sp³-hybridized carbons (Fsp3) is 0.364. The van der Waals surface area contributed by atoms with Crippen LogP contribution < -0.4 is 4.90 Å². The van der Waals surface area contributed by atoms with E-state index in [9.17, 15) is 4.79 Å². The number of pyridine rings is 1. The molecular formula is C22H23N5O. The molecule has 0 unspecified atom stereocenters. The Balaban J connectivity index is 1.23. The minimum atomic E-state index is 0.113. The third-order valence-corrected chi connectivity index (χ3v) is 5.93. The zero-order valence-electron chi connectivity index (χ0n) is 15.8. The van der Waals surface area contributed by atoms with Crippen LogP contribution in [0, 0.1) is 5.92 Å². The Morgan fingerprint density at radius 3 is 2.57 bits per heavy atom. The smallest absolute Gasteiger partial charge is 0.226 e. The van der Waals surface area contributed by atoms with Gasteiger partial charge in [0.1, 0.15) is 11.3 Å². The third-order valence-electron chi connectivity index (χ3n) is 5.93. The van der Waals surface area contributed by atoms with Gasteiger partial charge in [0.2, 0.25) is 5.91 Å². The second-order valence-electron chi connectivity index (χ2n) is 7.61. The lowest BCUT2D eigenvalue weighted by Crippen LogP contribution is -2.44. The summed E-state index contributed by atoms with van der Waals surface area (Å²) < 4.78 is 0. The van der Waals surface area contributed by atoms with Crippen molar-refractivity contribution in [1.82, 2.24) is 19.9 Å². The van der Waals surface area contributed by atoms with Gasteiger partial charge in [0, 0.05) is 44.5 Å². The molecule has 3 aromatic rings. The molecule has 2 aromatic heterocycles. The van der Waals surface area contributed by atoms with Crippen LogP contribution >= 0.6 is 0 Å². The summed E-state index contributed by atoms with van der Waals surface area (Å²) in [7, 11) is 0. The zero-order valence-corrected chi connectivity index (χ0v) is 15.8. The molecule has 4 heterocycles. The lowest BCUT2D eigenvalue weighted by Gasteiger charge is -2.36. The van der Waals surface area contributed by atoms with Crippen LogP contribution in [0.5, 0.6) is 0 Å². The first kappa shape index (κ1) is 17.1. The second kappa shape index (κ2) is 7.19. The quantitative estimate of drug-likeness (QED) is 0.691. The Morgan fingerprint density at radius 1 is 0.929 bits per heavy atom. The molecular weight excluding hydrogens is 350 g/mol. The van der Waals surface area contributed by atoms with E-state index in [0.29, 0.717) is 11.6 Å². The van der Waals surface area contributed by atoms with Gasteiger partial charge in [-0.1, -0.05) is 24.3 Å². The van der Waals surface area contributed by atoms with Gasteiger partial charge < -0.3 is 9.80 Å². The van der Waals surface area contributed by atoms with E-state index in [0.717, 1.165) is 56.8 Å². The Hall–Kier alpha value is -3.02. The summed E-state index contributed by atoms with van der Waals surface area (Å²) in [4.78, 5) is 30.6. The SMILES string of the molecule is O=C(C1CCN(c2ccc3nccnc3n2)CC1)N1CCc2ccccc2C1. The van der Waals surface area contributed by atoms with E-state index in [1.165, 1.54) is 11.1 Å². The number of piperidine rings is 1. The molecule has 142 valence electrons. The summed E-state index contributed by atoms with van der Waals surface area (Å²) in [6, 6.07) is 12.4. The molecule has 0 bridgehead atoms. The summed E-state index contributed by atoms with van der Waals surface area (Å²) >= 11 is 0. The van der Waals surface area contributed by atoms with Gasteiger partial charge in [0.05, 0.1) is 0 Å². The van der Waals surface area contributed by atoms with Crippen molar-refractivity contribution in [2.24, 2.45) is 5.92 Å². The topological polar surface area (TPSA) is 62.2 Å². The molecule has 0 saturated carbocycles. The number of nitrogens with zero attached hydrogens (tertiary/aromatic N) is 5. The van der Waals surface area contributed by atoms with Gasteiger partial charge in [0.15, 0.2) is 5.65 Å². The highest BCUT2D eigenvalue weighted by Gasteiger charge is 2.30. The molecule has 0 aliphatic carbocycles. The minimum absolute atomic E-state index is 0.113. The highest BCUT2D eigenvalue weighted by atomic mass is 16.2. The predicted molar refractivity (Wildman–Crippen MR) is 108 cm³/mol. The molecule has 28 heavy (non-hydrogen) atoms. The number of carbonyl (C=O) groups excluding carboxylic acids is 1. The highest BCUT2D eigenvalue weighted by molar-refractivity contribution is 5.79. The average Bonchev–Trinajstić information content (AvgIpc) is 2.78. The van der Waals surface area contributed by atoms with Crippen LogP contribution in [0.25, 0.3) is 11.2 Å². The van der Waals surface area contributed by atoms with Crippen LogP contribution in [0.3, 0.4) is 0 Å². The minimum Gasteiger partial charge on any atom is -0.356 e. The first-order valence-electron chi connectivity index (χ1n) is 9.96. The number of hydrogen-bond donors (Lipinski definition) is 0. The maximum atomic E-state index is 13.1. The molecule has 6 nitrogen and oxygen atoms in total. The Bertz CT molecular complexity index is 1010. The maximum Gasteiger partial charge on any atom is 0.226 e. The van der Waals surface area contributed by atoms with Crippen molar-refractivity contribution in [2.45, 2.75) is 25.8 Å². The lowest BCUT2D eigenvalue weighted by molar-refractivity contribution is -0.137. The number of carbonyl (C=O) groups is 1. The van der Waals surface area contributed by atoms with Crippen molar-refractivity contribution in [1.29, 1.82) is 0 Å². The van der Waals surface area contributed by atoms with E-state index in [1.54, 1.807) is 12.4 Å². The van der Waals surface area contributed by atoms with Gasteiger partial charge in [-0.05, 0) is 42.5 Å². The summed E-state index contributed by atoms with van der Waals surface area (Å²) in [5.41, 5.74) is 4.15. The molecule has 6 heteroatoms. The van der Waals surface area contributed by atoms with E-state index in [-0.39, 0.29) is 5.92 Å². The number of fused-ring (bicyclic) bond motifs is 2. The standard InChI is InChI=1S/C22H23N5O/c28-22(27-14-7-16-3-1-2-4-18(16)15-27)17-8-12-26(13-9-17)20-6-5-19-21(25-20)24-11-10-23-19/h1-6,10-11,17H,7-9,12-15H2. The van der Waals surface area contributed by atoms with Crippen LogP contribution in [-0.4, -0.2) is 45.4 Å². The van der Waals surface area contributed by atoms with Crippen molar-refractivity contribution in [3.63, 3.8) is 0 Å². The van der Waals surface area contributed by atoms with Crippen LogP contribution in [0.4, 0.5) is 5.82 Å². The second-order valence-corrected chi connectivity index (χ2v) is 7.61. The Morgan fingerprint density at radius 2 is 1.71 bits per heavy atom. The maximum absolute atomic E-state index is 13.1. The molecule has 2 aliphatic heterocycles. The molecule has 1 fully saturated rings. The first-order chi connectivity index (χ1) is 13.8. The van der Waals surface area contributed by atoms with E-state index in [2.05, 4.69) is 44.1 Å². The van der Waals surface area contributed by atoms with Crippen LogP contribution in [0.15, 0.2) is 48.8 Å². The number of anilines is 1. The Kier molecular flexibility index (Phi) is 4.39. The largest absolute Gasteiger partial charge is 0.356 e. The molecule has 5 rings (SSSR count). The van der Waals surface area contributed by atoms with Crippen molar-refractivity contribution in [2.75, 3.05) is 24.5 Å². The molecule has 0 atom stereocenters. The van der Waals surface area contributed by atoms with Crippen LogP contribution in [0.2, 0.25) is 0 Å². The van der Waals surface area contributed by atoms with Gasteiger partial charge in [0.25, 0.3) is 0 Å². The highest BCUT2D eigenvalue weighted by Crippen LogP contribution is 2.27. The lowest BCUT2D eigenvalue weighted by atomic mass is 9.93. The molecule has 0 N–H and O–H groups in total. The molecule has 1 amide bonds. The van der Waals surface area contributed by atoms with Gasteiger partial charge >= 0.3 is 0 Å². The zero-order chi connectivity index (χ0) is 18.9. The molecule has 2 aliphatic rings. The van der Waals surface area contributed by atoms with E-state index >= 15 is 0 Å². The van der Waals surface area contributed by atoms with Crippen LogP contribution in [-0.2, 0) is 17.8 Å². The summed E-state index contributed by atoms with van der Waals surface area (Å²) in [6.45, 7) is 3.28. The van der Waals surface area contributed by atoms with E-state index in [4.69, 9.17) is 0 Å². The van der Waals surface area contributed by atoms with Crippen LogP contribution in [0.1, 0.15) is 24.0 Å². The fourth-order valence-electron chi connectivity index (χ4n) is 4.32. The van der Waals surface area contributed by atoms with Crippen molar-refractivity contribution >= 4 is 22.9 Å². The first-order valence-corrected chi connectivity index (χ1v) is 9.96. The van der Waals surface area contributed by atoms with E-state index in [1.807, 2.05) is 17.0 Å². The van der Waals surface area contributed by atoms with Gasteiger partial charge in [-0.15, -0.1) is 0 Å². The summed E-state index contributed by atoms with van der Waals surface area (Å²) in [5, 5.41) is 0. The van der Waals surface area contributed by atoms with Gasteiger partial charge in [-0.2, -0.15) is 0 Å². The number of amides is 1. The van der Waals surface area contributed by atoms with Gasteiger partial charge in [-0.3, -0.25) is 9.78 Å². The number of aromatic nitrogens is 3. The molecule has 1 aromatic carbocycles. The molecule has 0 spiro atoms. The third kappa shape index (κ3) is 3.19. The number of benzene rings is 1. The summed E-state index contributed by atoms with van der Waals surface area (Å²) in [5.74, 6) is 1.35. The average molecular weight is 373 g/mol. The number of hydrogen-bond acceptors (Lipinski definition) is 5. The monoisotopic (exact) mass is 373 g/mol. The van der Waals surface area contributed by atoms with Crippen molar-refractivity contribution in [3.8, 4) is 0 Å². The van der Waals surface area contributed by atoms with E-state index < -0.39 is 0 Å². The van der Waals surface area contributed by atoms with Gasteiger partial charge in [-0.25, -0.2) is 9.97 Å². The number of rotatable bonds is 2. The molecule has 1 saturated heterocycles. The molecule has 0 radical (unpaired) electrons. The van der Waals surface area contributed by atoms with Crippen molar-refractivity contribution < 1.29 is 4.79 Å².